The lowest BCUT2D eigenvalue weighted by Crippen LogP contribution is -2.53. The fourth-order valence-electron chi connectivity index (χ4n) is 5.06. The number of amides is 2. The molecule has 1 atom stereocenters. The molecule has 0 unspecified atom stereocenters. The zero-order valence-electron chi connectivity index (χ0n) is 26.3. The fraction of sp³-hybridized carbons (Fsp3) is 0.278. The molecule has 0 saturated carbocycles. The highest BCUT2D eigenvalue weighted by Gasteiger charge is 2.34. The van der Waals surface area contributed by atoms with Gasteiger partial charge in [0.25, 0.3) is 10.0 Å². The molecular weight excluding hydrogens is 586 g/mol. The molecule has 236 valence electrons. The highest BCUT2D eigenvalue weighted by molar-refractivity contribution is 7.92. The Morgan fingerprint density at radius 2 is 1.47 bits per heavy atom. The summed E-state index contributed by atoms with van der Waals surface area (Å²) in [4.78, 5) is 29.6. The molecule has 2 amide bonds. The minimum atomic E-state index is -4.19. The van der Waals surface area contributed by atoms with Crippen LogP contribution in [0.2, 0.25) is 0 Å². The first-order valence-corrected chi connectivity index (χ1v) is 16.6. The molecule has 1 N–H and O–H groups in total. The topological polar surface area (TPSA) is 96.0 Å². The Hall–Kier alpha value is -4.63. The van der Waals surface area contributed by atoms with Crippen molar-refractivity contribution in [1.29, 1.82) is 0 Å². The highest BCUT2D eigenvalue weighted by Crippen LogP contribution is 2.27. The number of anilines is 1. The average molecular weight is 628 g/mol. The summed E-state index contributed by atoms with van der Waals surface area (Å²) in [5, 5.41) is 2.89. The number of carbonyl (C=O) groups excluding carboxylic acids is 2. The summed E-state index contributed by atoms with van der Waals surface area (Å²) in [6.45, 7) is 7.99. The Balaban J connectivity index is 1.79. The van der Waals surface area contributed by atoms with E-state index < -0.39 is 28.5 Å². The van der Waals surface area contributed by atoms with Gasteiger partial charge in [-0.25, -0.2) is 8.42 Å². The molecule has 0 aromatic heterocycles. The van der Waals surface area contributed by atoms with E-state index in [1.54, 1.807) is 36.4 Å². The van der Waals surface area contributed by atoms with Crippen molar-refractivity contribution in [1.82, 2.24) is 10.2 Å². The standard InChI is InChI=1S/C36H41N3O5S/c1-5-37-36(41)34(24-29-13-8-7-9-14-29)38(25-30-15-11-10-12-28(30)4)35(40)26-39(31-18-16-27(3)17-19-31)45(42,43)33-22-20-32(21-23-33)44-6-2/h7-23,34H,5-6,24-26H2,1-4H3,(H,37,41)/t34-/m1/s1. The van der Waals surface area contributed by atoms with Gasteiger partial charge in [0.1, 0.15) is 18.3 Å². The summed E-state index contributed by atoms with van der Waals surface area (Å²) >= 11 is 0. The van der Waals surface area contributed by atoms with Crippen LogP contribution in [0.4, 0.5) is 5.69 Å². The minimum Gasteiger partial charge on any atom is -0.494 e. The number of aryl methyl sites for hydroxylation is 2. The second kappa shape index (κ2) is 15.4. The van der Waals surface area contributed by atoms with E-state index in [1.165, 1.54) is 17.0 Å². The zero-order chi connectivity index (χ0) is 32.4. The van der Waals surface area contributed by atoms with Crippen LogP contribution in [0.3, 0.4) is 0 Å². The molecule has 0 aliphatic carbocycles. The van der Waals surface area contributed by atoms with Gasteiger partial charge in [-0.15, -0.1) is 0 Å². The third-order valence-electron chi connectivity index (χ3n) is 7.55. The number of ether oxygens (including phenoxy) is 1. The first-order chi connectivity index (χ1) is 21.6. The Kier molecular flexibility index (Phi) is 11.4. The van der Waals surface area contributed by atoms with Crippen molar-refractivity contribution in [2.75, 3.05) is 24.0 Å². The average Bonchev–Trinajstić information content (AvgIpc) is 3.04. The van der Waals surface area contributed by atoms with Gasteiger partial charge in [-0.1, -0.05) is 72.3 Å². The number of hydrogen-bond donors (Lipinski definition) is 1. The van der Waals surface area contributed by atoms with E-state index in [4.69, 9.17) is 4.74 Å². The van der Waals surface area contributed by atoms with Crippen molar-refractivity contribution in [3.8, 4) is 5.75 Å². The van der Waals surface area contributed by atoms with Crippen LogP contribution in [0.5, 0.6) is 5.75 Å². The summed E-state index contributed by atoms with van der Waals surface area (Å²) < 4.78 is 35.0. The van der Waals surface area contributed by atoms with E-state index in [0.717, 1.165) is 26.6 Å². The number of hydrogen-bond acceptors (Lipinski definition) is 5. The van der Waals surface area contributed by atoms with Crippen LogP contribution in [-0.4, -0.2) is 50.9 Å². The van der Waals surface area contributed by atoms with E-state index in [0.29, 0.717) is 24.6 Å². The molecule has 0 aliphatic rings. The van der Waals surface area contributed by atoms with E-state index >= 15 is 0 Å². The number of sulfonamides is 1. The van der Waals surface area contributed by atoms with E-state index in [1.807, 2.05) is 82.3 Å². The predicted octanol–water partition coefficient (Wildman–Crippen LogP) is 5.67. The van der Waals surface area contributed by atoms with Crippen LogP contribution in [-0.2, 0) is 32.6 Å². The monoisotopic (exact) mass is 627 g/mol. The molecule has 0 spiro atoms. The molecule has 45 heavy (non-hydrogen) atoms. The first kappa shape index (κ1) is 33.3. The van der Waals surface area contributed by atoms with Gasteiger partial charge in [-0.3, -0.25) is 13.9 Å². The lowest BCUT2D eigenvalue weighted by atomic mass is 10.0. The lowest BCUT2D eigenvalue weighted by molar-refractivity contribution is -0.140. The van der Waals surface area contributed by atoms with Crippen LogP contribution in [0.25, 0.3) is 0 Å². The Bertz CT molecular complexity index is 1670. The molecule has 0 saturated heterocycles. The summed E-state index contributed by atoms with van der Waals surface area (Å²) in [7, 11) is -4.19. The van der Waals surface area contributed by atoms with E-state index in [-0.39, 0.29) is 23.8 Å². The third kappa shape index (κ3) is 8.51. The second-order valence-electron chi connectivity index (χ2n) is 10.8. The van der Waals surface area contributed by atoms with Crippen molar-refractivity contribution in [2.45, 2.75) is 51.6 Å². The molecule has 4 aromatic carbocycles. The largest absolute Gasteiger partial charge is 0.494 e. The minimum absolute atomic E-state index is 0.0225. The number of carbonyl (C=O) groups is 2. The molecule has 4 rings (SSSR count). The number of nitrogens with zero attached hydrogens (tertiary/aromatic N) is 2. The second-order valence-corrected chi connectivity index (χ2v) is 12.7. The fourth-order valence-corrected chi connectivity index (χ4v) is 6.47. The molecule has 0 bridgehead atoms. The van der Waals surface area contributed by atoms with Gasteiger partial charge in [0.2, 0.25) is 11.8 Å². The molecule has 4 aromatic rings. The van der Waals surface area contributed by atoms with Gasteiger partial charge in [0.05, 0.1) is 17.2 Å². The zero-order valence-corrected chi connectivity index (χ0v) is 27.1. The number of rotatable bonds is 14. The molecule has 0 radical (unpaired) electrons. The summed E-state index contributed by atoms with van der Waals surface area (Å²) in [5.74, 6) is -0.260. The molecule has 0 aliphatic heterocycles. The first-order valence-electron chi connectivity index (χ1n) is 15.1. The molecule has 9 heteroatoms. The van der Waals surface area contributed by atoms with Crippen LogP contribution >= 0.6 is 0 Å². The molecule has 0 heterocycles. The summed E-state index contributed by atoms with van der Waals surface area (Å²) in [6, 6.07) is 29.4. The predicted molar refractivity (Wildman–Crippen MR) is 178 cm³/mol. The Labute approximate surface area is 266 Å². The van der Waals surface area contributed by atoms with Gasteiger partial charge < -0.3 is 15.0 Å². The van der Waals surface area contributed by atoms with Gasteiger partial charge in [0.15, 0.2) is 0 Å². The van der Waals surface area contributed by atoms with Gasteiger partial charge in [0, 0.05) is 19.5 Å². The molecule has 8 nitrogen and oxygen atoms in total. The molecular formula is C36H41N3O5S. The van der Waals surface area contributed by atoms with Crippen molar-refractivity contribution in [3.05, 3.63) is 125 Å². The smallest absolute Gasteiger partial charge is 0.264 e. The Morgan fingerprint density at radius 3 is 2.09 bits per heavy atom. The van der Waals surface area contributed by atoms with Crippen LogP contribution in [0.15, 0.2) is 108 Å². The van der Waals surface area contributed by atoms with Crippen molar-refractivity contribution < 1.29 is 22.7 Å². The summed E-state index contributed by atoms with van der Waals surface area (Å²) in [5.41, 5.74) is 4.00. The third-order valence-corrected chi connectivity index (χ3v) is 9.34. The van der Waals surface area contributed by atoms with E-state index in [9.17, 15) is 18.0 Å². The lowest BCUT2D eigenvalue weighted by Gasteiger charge is -2.34. The Morgan fingerprint density at radius 1 is 0.822 bits per heavy atom. The number of nitrogens with one attached hydrogen (secondary N) is 1. The van der Waals surface area contributed by atoms with Gasteiger partial charge in [-0.2, -0.15) is 0 Å². The van der Waals surface area contributed by atoms with E-state index in [2.05, 4.69) is 5.32 Å². The van der Waals surface area contributed by atoms with Crippen molar-refractivity contribution in [3.63, 3.8) is 0 Å². The maximum absolute atomic E-state index is 14.5. The van der Waals surface area contributed by atoms with Crippen LogP contribution in [0, 0.1) is 13.8 Å². The SMILES string of the molecule is CCNC(=O)[C@@H](Cc1ccccc1)N(Cc1ccccc1C)C(=O)CN(c1ccc(C)cc1)S(=O)(=O)c1ccc(OCC)cc1. The normalized spacial score (nSPS) is 11.8. The molecule has 0 fully saturated rings. The van der Waals surface area contributed by atoms with Gasteiger partial charge >= 0.3 is 0 Å². The van der Waals surface area contributed by atoms with Crippen LogP contribution < -0.4 is 14.4 Å². The maximum Gasteiger partial charge on any atom is 0.264 e. The van der Waals surface area contributed by atoms with Gasteiger partial charge in [-0.05, 0) is 80.8 Å². The van der Waals surface area contributed by atoms with Crippen LogP contribution in [0.1, 0.15) is 36.1 Å². The number of likely N-dealkylation sites (N-methyl/N-ethyl adjacent to an activating group) is 1. The van der Waals surface area contributed by atoms with Crippen molar-refractivity contribution in [2.24, 2.45) is 0 Å². The summed E-state index contributed by atoms with van der Waals surface area (Å²) in [6.07, 6.45) is 0.264. The highest BCUT2D eigenvalue weighted by atomic mass is 32.2. The number of benzene rings is 4. The maximum atomic E-state index is 14.5. The van der Waals surface area contributed by atoms with Crippen molar-refractivity contribution >= 4 is 27.5 Å². The quantitative estimate of drug-likeness (QED) is 0.194.